The molecule has 28 heavy (non-hydrogen) atoms. The van der Waals surface area contributed by atoms with Crippen molar-refractivity contribution in [2.45, 2.75) is 19.6 Å². The maximum absolute atomic E-state index is 12.6. The lowest BCUT2D eigenvalue weighted by molar-refractivity contribution is -0.139. The van der Waals surface area contributed by atoms with E-state index in [-0.39, 0.29) is 17.2 Å². The van der Waals surface area contributed by atoms with Crippen LogP contribution in [0.3, 0.4) is 0 Å². The molecule has 1 amide bonds. The van der Waals surface area contributed by atoms with Crippen LogP contribution in [0.25, 0.3) is 0 Å². The molecular formula is C21H25NO6. The number of hydrogen-bond donors (Lipinski definition) is 0. The lowest BCUT2D eigenvalue weighted by atomic mass is 10.1. The van der Waals surface area contributed by atoms with Gasteiger partial charge in [-0.1, -0.05) is 30.3 Å². The zero-order chi connectivity index (χ0) is 20.7. The van der Waals surface area contributed by atoms with Crippen LogP contribution in [0.2, 0.25) is 0 Å². The molecule has 0 heterocycles. The molecule has 2 rings (SSSR count). The Kier molecular flexibility index (Phi) is 7.26. The van der Waals surface area contributed by atoms with Gasteiger partial charge in [0.15, 0.2) is 17.6 Å². The molecule has 0 saturated heterocycles. The van der Waals surface area contributed by atoms with E-state index in [1.165, 1.54) is 45.3 Å². The van der Waals surface area contributed by atoms with E-state index in [0.717, 1.165) is 5.56 Å². The summed E-state index contributed by atoms with van der Waals surface area (Å²) >= 11 is 0. The van der Waals surface area contributed by atoms with E-state index < -0.39 is 12.1 Å². The first-order chi connectivity index (χ1) is 13.4. The third kappa shape index (κ3) is 4.94. The summed E-state index contributed by atoms with van der Waals surface area (Å²) in [5.41, 5.74) is 1.13. The molecule has 0 bridgehead atoms. The fraction of sp³-hybridized carbons (Fsp3) is 0.333. The van der Waals surface area contributed by atoms with Gasteiger partial charge in [-0.2, -0.15) is 0 Å². The largest absolute Gasteiger partial charge is 0.496 e. The molecule has 2 aromatic rings. The third-order valence-electron chi connectivity index (χ3n) is 4.20. The van der Waals surface area contributed by atoms with Gasteiger partial charge in [0.25, 0.3) is 5.91 Å². The van der Waals surface area contributed by atoms with Crippen molar-refractivity contribution in [2.24, 2.45) is 0 Å². The van der Waals surface area contributed by atoms with Crippen LogP contribution >= 0.6 is 0 Å². The first-order valence-electron chi connectivity index (χ1n) is 8.71. The average molecular weight is 387 g/mol. The number of hydrogen-bond acceptors (Lipinski definition) is 6. The lowest BCUT2D eigenvalue weighted by Gasteiger charge is -2.22. The standard InChI is InChI=1S/C21H25NO6/c1-14(20(23)22(2)13-15-9-7-6-8-10-15)28-21(24)16-11-18(26-4)19(27-5)12-17(16)25-3/h6-12,14H,13H2,1-5H3/t14-/m0/s1. The van der Waals surface area contributed by atoms with Crippen molar-refractivity contribution >= 4 is 11.9 Å². The predicted molar refractivity (Wildman–Crippen MR) is 104 cm³/mol. The van der Waals surface area contributed by atoms with Crippen LogP contribution < -0.4 is 14.2 Å². The summed E-state index contributed by atoms with van der Waals surface area (Å²) in [6, 6.07) is 12.6. The summed E-state index contributed by atoms with van der Waals surface area (Å²) in [4.78, 5) is 26.7. The molecule has 0 saturated carbocycles. The summed E-state index contributed by atoms with van der Waals surface area (Å²) < 4.78 is 21.0. The van der Waals surface area contributed by atoms with Crippen LogP contribution in [0.15, 0.2) is 42.5 Å². The maximum atomic E-state index is 12.6. The smallest absolute Gasteiger partial charge is 0.342 e. The minimum absolute atomic E-state index is 0.144. The Bertz CT molecular complexity index is 821. The number of methoxy groups -OCH3 is 3. The Morgan fingerprint density at radius 2 is 1.50 bits per heavy atom. The average Bonchev–Trinajstić information content (AvgIpc) is 2.72. The van der Waals surface area contributed by atoms with Gasteiger partial charge in [-0.05, 0) is 12.5 Å². The zero-order valence-electron chi connectivity index (χ0n) is 16.7. The molecule has 0 spiro atoms. The highest BCUT2D eigenvalue weighted by molar-refractivity contribution is 5.95. The minimum Gasteiger partial charge on any atom is -0.496 e. The van der Waals surface area contributed by atoms with Gasteiger partial charge in [0.05, 0.1) is 21.3 Å². The maximum Gasteiger partial charge on any atom is 0.342 e. The molecule has 150 valence electrons. The number of benzene rings is 2. The van der Waals surface area contributed by atoms with Crippen molar-refractivity contribution in [3.05, 3.63) is 53.6 Å². The summed E-state index contributed by atoms with van der Waals surface area (Å²) in [6.07, 6.45) is -0.959. The predicted octanol–water partition coefficient (Wildman–Crippen LogP) is 2.92. The van der Waals surface area contributed by atoms with Gasteiger partial charge in [-0.3, -0.25) is 4.79 Å². The van der Waals surface area contributed by atoms with Crippen molar-refractivity contribution < 1.29 is 28.5 Å². The number of carbonyl (C=O) groups excluding carboxylic acids is 2. The zero-order valence-corrected chi connectivity index (χ0v) is 16.7. The molecular weight excluding hydrogens is 362 g/mol. The molecule has 7 heteroatoms. The van der Waals surface area contributed by atoms with Crippen molar-refractivity contribution in [2.75, 3.05) is 28.4 Å². The number of rotatable bonds is 8. The topological polar surface area (TPSA) is 74.3 Å². The van der Waals surface area contributed by atoms with E-state index >= 15 is 0 Å². The van der Waals surface area contributed by atoms with Crippen LogP contribution in [0.1, 0.15) is 22.8 Å². The Balaban J connectivity index is 2.11. The molecule has 0 radical (unpaired) electrons. The molecule has 0 aliphatic heterocycles. The number of ether oxygens (including phenoxy) is 4. The first kappa shape index (κ1) is 21.1. The van der Waals surface area contributed by atoms with E-state index in [2.05, 4.69) is 0 Å². The number of likely N-dealkylation sites (N-methyl/N-ethyl adjacent to an activating group) is 1. The van der Waals surface area contributed by atoms with Crippen molar-refractivity contribution in [1.82, 2.24) is 4.90 Å². The van der Waals surface area contributed by atoms with Gasteiger partial charge in [-0.15, -0.1) is 0 Å². The van der Waals surface area contributed by atoms with Crippen LogP contribution in [-0.4, -0.2) is 51.3 Å². The van der Waals surface area contributed by atoms with Crippen LogP contribution in [0.5, 0.6) is 17.2 Å². The summed E-state index contributed by atoms with van der Waals surface area (Å²) in [5, 5.41) is 0. The van der Waals surface area contributed by atoms with Gasteiger partial charge >= 0.3 is 5.97 Å². The SMILES string of the molecule is COc1cc(OC)c(C(=O)O[C@@H](C)C(=O)N(C)Cc2ccccc2)cc1OC. The lowest BCUT2D eigenvalue weighted by Crippen LogP contribution is -2.37. The van der Waals surface area contributed by atoms with E-state index in [9.17, 15) is 9.59 Å². The number of esters is 1. The highest BCUT2D eigenvalue weighted by Gasteiger charge is 2.25. The van der Waals surface area contributed by atoms with Crippen molar-refractivity contribution in [1.29, 1.82) is 0 Å². The molecule has 0 N–H and O–H groups in total. The van der Waals surface area contributed by atoms with Gasteiger partial charge in [0.1, 0.15) is 11.3 Å². The quantitative estimate of drug-likeness (QED) is 0.649. The van der Waals surface area contributed by atoms with Gasteiger partial charge in [0, 0.05) is 25.7 Å². The van der Waals surface area contributed by atoms with Gasteiger partial charge < -0.3 is 23.8 Å². The summed E-state index contributed by atoms with van der Waals surface area (Å²) in [6.45, 7) is 1.95. The van der Waals surface area contributed by atoms with Gasteiger partial charge in [0.2, 0.25) is 0 Å². The van der Waals surface area contributed by atoms with Crippen LogP contribution in [-0.2, 0) is 16.1 Å². The number of nitrogens with zero attached hydrogens (tertiary/aromatic N) is 1. The highest BCUT2D eigenvalue weighted by Crippen LogP contribution is 2.35. The molecule has 0 aliphatic rings. The molecule has 0 unspecified atom stereocenters. The van der Waals surface area contributed by atoms with Crippen LogP contribution in [0, 0.1) is 0 Å². The van der Waals surface area contributed by atoms with E-state index in [1.807, 2.05) is 30.3 Å². The molecule has 2 aromatic carbocycles. The minimum atomic E-state index is -0.959. The summed E-state index contributed by atoms with van der Waals surface area (Å²) in [5.74, 6) is 0.0430. The second-order valence-electron chi connectivity index (χ2n) is 6.13. The fourth-order valence-electron chi connectivity index (χ4n) is 2.71. The van der Waals surface area contributed by atoms with E-state index in [4.69, 9.17) is 18.9 Å². The Morgan fingerprint density at radius 1 is 0.929 bits per heavy atom. The van der Waals surface area contributed by atoms with Crippen molar-refractivity contribution in [3.8, 4) is 17.2 Å². The van der Waals surface area contributed by atoms with Crippen molar-refractivity contribution in [3.63, 3.8) is 0 Å². The number of carbonyl (C=O) groups is 2. The fourth-order valence-corrected chi connectivity index (χ4v) is 2.71. The van der Waals surface area contributed by atoms with Crippen LogP contribution in [0.4, 0.5) is 0 Å². The summed E-state index contributed by atoms with van der Waals surface area (Å²) in [7, 11) is 6.04. The third-order valence-corrected chi connectivity index (χ3v) is 4.20. The number of amides is 1. The molecule has 0 aromatic heterocycles. The molecule has 1 atom stereocenters. The normalized spacial score (nSPS) is 11.3. The Morgan fingerprint density at radius 3 is 2.07 bits per heavy atom. The molecule has 0 fully saturated rings. The monoisotopic (exact) mass is 387 g/mol. The van der Waals surface area contributed by atoms with Gasteiger partial charge in [-0.25, -0.2) is 4.79 Å². The molecule has 7 nitrogen and oxygen atoms in total. The Labute approximate surface area is 164 Å². The second kappa shape index (κ2) is 9.64. The first-order valence-corrected chi connectivity index (χ1v) is 8.71. The molecule has 0 aliphatic carbocycles. The second-order valence-corrected chi connectivity index (χ2v) is 6.13. The Hall–Kier alpha value is -3.22. The highest BCUT2D eigenvalue weighted by atomic mass is 16.6. The van der Waals surface area contributed by atoms with E-state index in [0.29, 0.717) is 18.0 Å². The van der Waals surface area contributed by atoms with E-state index in [1.54, 1.807) is 7.05 Å².